The normalized spacial score (nSPS) is 11.6. The predicted molar refractivity (Wildman–Crippen MR) is 125 cm³/mol. The van der Waals surface area contributed by atoms with Gasteiger partial charge >= 0.3 is 0 Å². The number of ether oxygens (including phenoxy) is 1. The molecule has 5 aromatic rings. The van der Waals surface area contributed by atoms with E-state index in [4.69, 9.17) is 20.8 Å². The largest absolute Gasteiger partial charge is 0.487 e. The maximum atomic E-state index is 6.03. The van der Waals surface area contributed by atoms with Crippen molar-refractivity contribution >= 4 is 34.2 Å². The summed E-state index contributed by atoms with van der Waals surface area (Å²) in [5.41, 5.74) is 4.57. The molecule has 0 spiro atoms. The van der Waals surface area contributed by atoms with E-state index in [1.54, 1.807) is 0 Å². The third kappa shape index (κ3) is 4.53. The minimum Gasteiger partial charge on any atom is -0.487 e. The molecule has 0 saturated carbocycles. The van der Waals surface area contributed by atoms with Gasteiger partial charge in [0.25, 0.3) is 0 Å². The third-order valence-corrected chi connectivity index (χ3v) is 5.23. The fourth-order valence-corrected chi connectivity index (χ4v) is 3.49. The van der Waals surface area contributed by atoms with E-state index < -0.39 is 0 Å². The van der Waals surface area contributed by atoms with Gasteiger partial charge in [0.2, 0.25) is 12.3 Å². The molecular formula is C26H18ClN3O2. The molecule has 2 heterocycles. The summed E-state index contributed by atoms with van der Waals surface area (Å²) in [4.78, 5) is 4.65. The third-order valence-electron chi connectivity index (χ3n) is 4.98. The summed E-state index contributed by atoms with van der Waals surface area (Å²) >= 11 is 6.03. The fourth-order valence-electron chi connectivity index (χ4n) is 3.36. The van der Waals surface area contributed by atoms with Gasteiger partial charge in [-0.25, -0.2) is 4.98 Å². The molecule has 6 heteroatoms. The Labute approximate surface area is 190 Å². The van der Waals surface area contributed by atoms with Crippen LogP contribution in [0, 0.1) is 0 Å². The van der Waals surface area contributed by atoms with Gasteiger partial charge in [0.05, 0.1) is 11.2 Å². The molecule has 0 N–H and O–H groups in total. The molecule has 0 aliphatic heterocycles. The molecule has 0 aliphatic carbocycles. The lowest BCUT2D eigenvalue weighted by molar-refractivity contribution is 0.302. The van der Waals surface area contributed by atoms with E-state index in [9.17, 15) is 0 Å². The number of benzene rings is 3. The van der Waals surface area contributed by atoms with E-state index in [0.717, 1.165) is 39.0 Å². The van der Waals surface area contributed by atoms with Gasteiger partial charge in [-0.1, -0.05) is 60.1 Å². The Morgan fingerprint density at radius 1 is 0.906 bits per heavy atom. The fraction of sp³-hybridized carbons (Fsp3) is 0.0385. The quantitative estimate of drug-likeness (QED) is 0.285. The molecule has 2 aromatic heterocycles. The van der Waals surface area contributed by atoms with Gasteiger partial charge < -0.3 is 9.15 Å². The predicted octanol–water partition coefficient (Wildman–Crippen LogP) is 6.44. The zero-order valence-electron chi connectivity index (χ0n) is 17.0. The van der Waals surface area contributed by atoms with E-state index >= 15 is 0 Å². The van der Waals surface area contributed by atoms with Crippen LogP contribution in [0.2, 0.25) is 5.02 Å². The van der Waals surface area contributed by atoms with Crippen LogP contribution in [0.3, 0.4) is 0 Å². The van der Waals surface area contributed by atoms with Crippen molar-refractivity contribution in [2.75, 3.05) is 0 Å². The smallest absolute Gasteiger partial charge is 0.248 e. The summed E-state index contributed by atoms with van der Waals surface area (Å²) in [7, 11) is 0. The Kier molecular flexibility index (Phi) is 5.64. The lowest BCUT2D eigenvalue weighted by atomic mass is 10.0. The zero-order valence-corrected chi connectivity index (χ0v) is 17.7. The van der Waals surface area contributed by atoms with Crippen molar-refractivity contribution in [3.63, 3.8) is 0 Å². The number of rotatable bonds is 6. The van der Waals surface area contributed by atoms with Gasteiger partial charge in [0.1, 0.15) is 12.4 Å². The molecule has 5 nitrogen and oxygen atoms in total. The van der Waals surface area contributed by atoms with E-state index in [1.807, 2.05) is 84.9 Å². The first kappa shape index (κ1) is 20.0. The van der Waals surface area contributed by atoms with E-state index in [0.29, 0.717) is 17.5 Å². The summed E-state index contributed by atoms with van der Waals surface area (Å²) in [6.07, 6.45) is 3.31. The first-order chi connectivity index (χ1) is 15.7. The van der Waals surface area contributed by atoms with Crippen LogP contribution in [-0.2, 0) is 6.61 Å². The number of aromatic nitrogens is 3. The lowest BCUT2D eigenvalue weighted by Crippen LogP contribution is -1.98. The Bertz CT molecular complexity index is 1360. The summed E-state index contributed by atoms with van der Waals surface area (Å²) in [5, 5.41) is 9.65. The SMILES string of the molecule is Clc1ccc(/C(=C\c2ccc(OCc3ccc4ccccc4n3)cc2)c2nnco2)cc1. The number of halogens is 1. The van der Waals surface area contributed by atoms with Crippen LogP contribution in [0.4, 0.5) is 0 Å². The molecule has 0 fully saturated rings. The van der Waals surface area contributed by atoms with Crippen LogP contribution >= 0.6 is 11.6 Å². The van der Waals surface area contributed by atoms with E-state index in [2.05, 4.69) is 21.2 Å². The number of hydrogen-bond donors (Lipinski definition) is 0. The van der Waals surface area contributed by atoms with Crippen molar-refractivity contribution in [1.82, 2.24) is 15.2 Å². The van der Waals surface area contributed by atoms with Gasteiger partial charge in [0, 0.05) is 16.0 Å². The minimum atomic E-state index is 0.401. The second-order valence-electron chi connectivity index (χ2n) is 7.16. The average Bonchev–Trinajstić information content (AvgIpc) is 3.37. The number of para-hydroxylation sites is 1. The van der Waals surface area contributed by atoms with Crippen LogP contribution < -0.4 is 4.74 Å². The number of nitrogens with zero attached hydrogens (tertiary/aromatic N) is 3. The topological polar surface area (TPSA) is 61.0 Å². The van der Waals surface area contributed by atoms with Gasteiger partial charge in [-0.3, -0.25) is 0 Å². The van der Waals surface area contributed by atoms with Gasteiger partial charge in [0.15, 0.2) is 0 Å². The van der Waals surface area contributed by atoms with E-state index in [1.165, 1.54) is 6.39 Å². The first-order valence-electron chi connectivity index (χ1n) is 10.1. The molecule has 0 radical (unpaired) electrons. The van der Waals surface area contributed by atoms with Crippen LogP contribution in [-0.4, -0.2) is 15.2 Å². The molecule has 32 heavy (non-hydrogen) atoms. The van der Waals surface area contributed by atoms with Crippen molar-refractivity contribution in [2.24, 2.45) is 0 Å². The van der Waals surface area contributed by atoms with Gasteiger partial charge in [-0.2, -0.15) is 0 Å². The average molecular weight is 440 g/mol. The van der Waals surface area contributed by atoms with Crippen LogP contribution in [0.1, 0.15) is 22.7 Å². The molecular weight excluding hydrogens is 422 g/mol. The second kappa shape index (κ2) is 9.04. The zero-order chi connectivity index (χ0) is 21.8. The monoisotopic (exact) mass is 439 g/mol. The van der Waals surface area contributed by atoms with Crippen molar-refractivity contribution in [3.05, 3.63) is 119 Å². The summed E-state index contributed by atoms with van der Waals surface area (Å²) in [5.74, 6) is 1.21. The van der Waals surface area contributed by atoms with Crippen LogP contribution in [0.5, 0.6) is 5.75 Å². The number of hydrogen-bond acceptors (Lipinski definition) is 5. The highest BCUT2D eigenvalue weighted by atomic mass is 35.5. The maximum absolute atomic E-state index is 6.03. The second-order valence-corrected chi connectivity index (χ2v) is 7.60. The Hall–Kier alpha value is -3.96. The van der Waals surface area contributed by atoms with Crippen molar-refractivity contribution in [3.8, 4) is 5.75 Å². The Morgan fingerprint density at radius 3 is 2.50 bits per heavy atom. The number of fused-ring (bicyclic) bond motifs is 1. The highest BCUT2D eigenvalue weighted by molar-refractivity contribution is 6.30. The molecule has 0 unspecified atom stereocenters. The molecule has 156 valence electrons. The molecule has 5 rings (SSSR count). The Morgan fingerprint density at radius 2 is 1.72 bits per heavy atom. The molecule has 0 atom stereocenters. The van der Waals surface area contributed by atoms with Crippen LogP contribution in [0.15, 0.2) is 95.7 Å². The lowest BCUT2D eigenvalue weighted by Gasteiger charge is -2.08. The van der Waals surface area contributed by atoms with E-state index in [-0.39, 0.29) is 0 Å². The highest BCUT2D eigenvalue weighted by Crippen LogP contribution is 2.26. The Balaban J connectivity index is 1.34. The number of pyridine rings is 1. The summed E-state index contributed by atoms with van der Waals surface area (Å²) < 4.78 is 11.4. The molecule has 0 saturated heterocycles. The molecule has 0 bridgehead atoms. The molecule has 3 aromatic carbocycles. The summed E-state index contributed by atoms with van der Waals surface area (Å²) in [6, 6.07) is 27.4. The highest BCUT2D eigenvalue weighted by Gasteiger charge is 2.11. The van der Waals surface area contributed by atoms with Gasteiger partial charge in [-0.15, -0.1) is 10.2 Å². The van der Waals surface area contributed by atoms with Crippen molar-refractivity contribution in [1.29, 1.82) is 0 Å². The van der Waals surface area contributed by atoms with Crippen LogP contribution in [0.25, 0.3) is 22.6 Å². The standard InChI is InChI=1S/C26H18ClN3O2/c27-21-10-7-19(8-11-21)24(26-30-28-17-32-26)15-18-5-13-23(14-6-18)31-16-22-12-9-20-3-1-2-4-25(20)29-22/h1-15,17H,16H2/b24-15+. The maximum Gasteiger partial charge on any atom is 0.248 e. The van der Waals surface area contributed by atoms with Crippen molar-refractivity contribution < 1.29 is 9.15 Å². The summed E-state index contributed by atoms with van der Waals surface area (Å²) in [6.45, 7) is 0.401. The first-order valence-corrected chi connectivity index (χ1v) is 10.4. The minimum absolute atomic E-state index is 0.401. The van der Waals surface area contributed by atoms with Gasteiger partial charge in [-0.05, 0) is 53.6 Å². The molecule has 0 amide bonds. The van der Waals surface area contributed by atoms with Crippen molar-refractivity contribution in [2.45, 2.75) is 6.61 Å². The molecule has 0 aliphatic rings.